The fourth-order valence-electron chi connectivity index (χ4n) is 2.24. The average molecular weight is 308 g/mol. The Labute approximate surface area is 130 Å². The molecule has 0 unspecified atom stereocenters. The number of nitrogens with two attached hydrogens (primary N) is 1. The Bertz CT molecular complexity index is 470. The van der Waals surface area contributed by atoms with E-state index in [1.807, 2.05) is 19.1 Å². The molecule has 1 aromatic rings. The zero-order valence-corrected chi connectivity index (χ0v) is 13.5. The summed E-state index contributed by atoms with van der Waals surface area (Å²) in [4.78, 5) is 13.3. The van der Waals surface area contributed by atoms with Gasteiger partial charge >= 0.3 is 0 Å². The van der Waals surface area contributed by atoms with Crippen LogP contribution in [0.1, 0.15) is 25.3 Å². The van der Waals surface area contributed by atoms with E-state index in [0.717, 1.165) is 17.7 Å². The number of thioether (sulfide) groups is 1. The van der Waals surface area contributed by atoms with E-state index in [1.54, 1.807) is 11.8 Å². The van der Waals surface area contributed by atoms with Crippen molar-refractivity contribution in [2.24, 2.45) is 5.73 Å². The predicted octanol–water partition coefficient (Wildman–Crippen LogP) is 2.10. The van der Waals surface area contributed by atoms with Gasteiger partial charge in [-0.05, 0) is 38.8 Å². The van der Waals surface area contributed by atoms with Crippen LogP contribution >= 0.6 is 11.8 Å². The van der Waals surface area contributed by atoms with Gasteiger partial charge in [0, 0.05) is 30.2 Å². The van der Waals surface area contributed by atoms with Crippen LogP contribution in [0.2, 0.25) is 0 Å². The maximum Gasteiger partial charge on any atom is 0.233 e. The number of hydrogen-bond acceptors (Lipinski definition) is 4. The standard InChI is InChI=1S/C16H24N2O2S/c1-12-3-5-14(6-4-12)21-13(2)15(19)18-11-16(17)7-9-20-10-8-16/h3-6,13H,7-11,17H2,1-2H3,(H,18,19)/t13-/m0/s1. The minimum atomic E-state index is -0.317. The molecule has 1 aliphatic heterocycles. The fourth-order valence-corrected chi connectivity index (χ4v) is 3.13. The topological polar surface area (TPSA) is 64.4 Å². The summed E-state index contributed by atoms with van der Waals surface area (Å²) in [7, 11) is 0. The molecule has 1 aromatic carbocycles. The van der Waals surface area contributed by atoms with Gasteiger partial charge in [-0.1, -0.05) is 17.7 Å². The molecular weight excluding hydrogens is 284 g/mol. The number of benzene rings is 1. The number of ether oxygens (including phenoxy) is 1. The van der Waals surface area contributed by atoms with Gasteiger partial charge < -0.3 is 15.8 Å². The van der Waals surface area contributed by atoms with Crippen molar-refractivity contribution in [2.75, 3.05) is 19.8 Å². The maximum atomic E-state index is 12.2. The van der Waals surface area contributed by atoms with Crippen molar-refractivity contribution in [2.45, 2.75) is 42.4 Å². The molecule has 1 atom stereocenters. The van der Waals surface area contributed by atoms with E-state index in [9.17, 15) is 4.79 Å². The number of rotatable bonds is 5. The van der Waals surface area contributed by atoms with Crippen molar-refractivity contribution in [1.29, 1.82) is 0 Å². The van der Waals surface area contributed by atoms with Crippen molar-refractivity contribution in [3.8, 4) is 0 Å². The summed E-state index contributed by atoms with van der Waals surface area (Å²) < 4.78 is 5.31. The number of carbonyl (C=O) groups is 1. The van der Waals surface area contributed by atoms with Crippen LogP contribution in [0, 0.1) is 6.92 Å². The van der Waals surface area contributed by atoms with Crippen LogP contribution in [-0.2, 0) is 9.53 Å². The van der Waals surface area contributed by atoms with Crippen LogP contribution in [-0.4, -0.2) is 36.5 Å². The minimum Gasteiger partial charge on any atom is -0.381 e. The Balaban J connectivity index is 1.80. The summed E-state index contributed by atoms with van der Waals surface area (Å²) in [5.41, 5.74) is 7.18. The van der Waals surface area contributed by atoms with Crippen LogP contribution in [0.4, 0.5) is 0 Å². The summed E-state index contributed by atoms with van der Waals surface area (Å²) in [6.07, 6.45) is 1.60. The van der Waals surface area contributed by atoms with Gasteiger partial charge in [0.25, 0.3) is 0 Å². The minimum absolute atomic E-state index is 0.0388. The van der Waals surface area contributed by atoms with E-state index in [0.29, 0.717) is 19.8 Å². The van der Waals surface area contributed by atoms with Crippen molar-refractivity contribution < 1.29 is 9.53 Å². The highest BCUT2D eigenvalue weighted by Crippen LogP contribution is 2.24. The molecule has 1 heterocycles. The van der Waals surface area contributed by atoms with Gasteiger partial charge in [-0.15, -0.1) is 11.8 Å². The molecule has 0 bridgehead atoms. The Kier molecular flexibility index (Phi) is 5.67. The first-order chi connectivity index (χ1) is 9.98. The van der Waals surface area contributed by atoms with E-state index in [4.69, 9.17) is 10.5 Å². The van der Waals surface area contributed by atoms with Crippen LogP contribution in [0.3, 0.4) is 0 Å². The molecule has 0 radical (unpaired) electrons. The van der Waals surface area contributed by atoms with Crippen molar-refractivity contribution in [3.63, 3.8) is 0 Å². The second-order valence-corrected chi connectivity index (χ2v) is 7.18. The lowest BCUT2D eigenvalue weighted by Gasteiger charge is -2.33. The van der Waals surface area contributed by atoms with Gasteiger partial charge in [-0.25, -0.2) is 0 Å². The molecule has 0 aromatic heterocycles. The third kappa shape index (κ3) is 5.02. The molecule has 1 amide bonds. The second-order valence-electron chi connectivity index (χ2n) is 5.77. The number of carbonyl (C=O) groups excluding carboxylic acids is 1. The smallest absolute Gasteiger partial charge is 0.233 e. The van der Waals surface area contributed by atoms with E-state index >= 15 is 0 Å². The fraction of sp³-hybridized carbons (Fsp3) is 0.562. The first kappa shape index (κ1) is 16.3. The number of hydrogen-bond donors (Lipinski definition) is 2. The summed E-state index contributed by atoms with van der Waals surface area (Å²) in [6, 6.07) is 8.22. The molecule has 116 valence electrons. The third-order valence-electron chi connectivity index (χ3n) is 3.81. The molecule has 5 heteroatoms. The van der Waals surface area contributed by atoms with Crippen molar-refractivity contribution >= 4 is 17.7 Å². The number of amides is 1. The highest BCUT2D eigenvalue weighted by molar-refractivity contribution is 8.00. The molecule has 0 spiro atoms. The largest absolute Gasteiger partial charge is 0.381 e. The van der Waals surface area contributed by atoms with Gasteiger partial charge in [0.1, 0.15) is 0 Å². The summed E-state index contributed by atoms with van der Waals surface area (Å²) >= 11 is 1.57. The molecule has 4 nitrogen and oxygen atoms in total. The molecule has 21 heavy (non-hydrogen) atoms. The van der Waals surface area contributed by atoms with Crippen LogP contribution in [0.15, 0.2) is 29.2 Å². The summed E-state index contributed by atoms with van der Waals surface area (Å²) in [5, 5.41) is 2.86. The average Bonchev–Trinajstić information content (AvgIpc) is 2.48. The predicted molar refractivity (Wildman–Crippen MR) is 86.5 cm³/mol. The lowest BCUT2D eigenvalue weighted by Crippen LogP contribution is -2.54. The monoisotopic (exact) mass is 308 g/mol. The third-order valence-corrected chi connectivity index (χ3v) is 4.92. The quantitative estimate of drug-likeness (QED) is 0.818. The first-order valence-electron chi connectivity index (χ1n) is 7.36. The summed E-state index contributed by atoms with van der Waals surface area (Å²) in [5.74, 6) is 0.0388. The molecule has 0 saturated carbocycles. The lowest BCUT2D eigenvalue weighted by molar-refractivity contribution is -0.120. The number of aryl methyl sites for hydroxylation is 1. The molecule has 1 aliphatic rings. The van der Waals surface area contributed by atoms with Crippen LogP contribution < -0.4 is 11.1 Å². The van der Waals surface area contributed by atoms with E-state index in [-0.39, 0.29) is 16.7 Å². The maximum absolute atomic E-state index is 12.2. The van der Waals surface area contributed by atoms with Crippen molar-refractivity contribution in [3.05, 3.63) is 29.8 Å². The Morgan fingerprint density at radius 3 is 2.62 bits per heavy atom. The summed E-state index contributed by atoms with van der Waals surface area (Å²) in [6.45, 7) is 5.86. The Morgan fingerprint density at radius 1 is 1.38 bits per heavy atom. The molecule has 3 N–H and O–H groups in total. The molecule has 0 aliphatic carbocycles. The lowest BCUT2D eigenvalue weighted by atomic mass is 9.91. The SMILES string of the molecule is Cc1ccc(S[C@@H](C)C(=O)NCC2(N)CCOCC2)cc1. The van der Waals surface area contributed by atoms with E-state index in [2.05, 4.69) is 24.4 Å². The second kappa shape index (κ2) is 7.29. The van der Waals surface area contributed by atoms with Crippen LogP contribution in [0.25, 0.3) is 0 Å². The normalized spacial score (nSPS) is 19.0. The van der Waals surface area contributed by atoms with Gasteiger partial charge in [0.15, 0.2) is 0 Å². The zero-order valence-electron chi connectivity index (χ0n) is 12.7. The van der Waals surface area contributed by atoms with Gasteiger partial charge in [0.2, 0.25) is 5.91 Å². The van der Waals surface area contributed by atoms with Crippen LogP contribution in [0.5, 0.6) is 0 Å². The highest BCUT2D eigenvalue weighted by atomic mass is 32.2. The van der Waals surface area contributed by atoms with Gasteiger partial charge in [-0.3, -0.25) is 4.79 Å². The van der Waals surface area contributed by atoms with E-state index in [1.165, 1.54) is 5.56 Å². The van der Waals surface area contributed by atoms with Gasteiger partial charge in [-0.2, -0.15) is 0 Å². The zero-order chi connectivity index (χ0) is 15.3. The first-order valence-corrected chi connectivity index (χ1v) is 8.24. The number of nitrogens with one attached hydrogen (secondary N) is 1. The van der Waals surface area contributed by atoms with Gasteiger partial charge in [0.05, 0.1) is 5.25 Å². The molecule has 2 rings (SSSR count). The Morgan fingerprint density at radius 2 is 2.00 bits per heavy atom. The molecule has 1 fully saturated rings. The molecule has 1 saturated heterocycles. The molecular formula is C16H24N2O2S. The highest BCUT2D eigenvalue weighted by Gasteiger charge is 2.29. The van der Waals surface area contributed by atoms with Crippen molar-refractivity contribution in [1.82, 2.24) is 5.32 Å². The van der Waals surface area contributed by atoms with E-state index < -0.39 is 0 Å². The Hall–Kier alpha value is -1.04.